The molecule has 2 amide bonds. The predicted octanol–water partition coefficient (Wildman–Crippen LogP) is 1.81. The van der Waals surface area contributed by atoms with E-state index in [0.717, 1.165) is 0 Å². The SMILES string of the molecule is CC(C)(C)[Si](C)(C)OC1CC(=O)NC(=O)C1. The first-order valence-electron chi connectivity index (χ1n) is 5.62. The summed E-state index contributed by atoms with van der Waals surface area (Å²) in [4.78, 5) is 22.4. The predicted molar refractivity (Wildman–Crippen MR) is 64.5 cm³/mol. The van der Waals surface area contributed by atoms with Crippen molar-refractivity contribution in [1.29, 1.82) is 0 Å². The van der Waals surface area contributed by atoms with Crippen LogP contribution < -0.4 is 5.32 Å². The van der Waals surface area contributed by atoms with Crippen molar-refractivity contribution in [1.82, 2.24) is 5.32 Å². The van der Waals surface area contributed by atoms with Gasteiger partial charge in [0.05, 0.1) is 18.9 Å². The monoisotopic (exact) mass is 243 g/mol. The number of piperidine rings is 1. The van der Waals surface area contributed by atoms with Crippen molar-refractivity contribution in [2.75, 3.05) is 0 Å². The van der Waals surface area contributed by atoms with Gasteiger partial charge < -0.3 is 4.43 Å². The Morgan fingerprint density at radius 3 is 2.00 bits per heavy atom. The number of imide groups is 1. The molecular weight excluding hydrogens is 222 g/mol. The van der Waals surface area contributed by atoms with Crippen LogP contribution in [0.2, 0.25) is 18.1 Å². The van der Waals surface area contributed by atoms with Gasteiger partial charge >= 0.3 is 0 Å². The average Bonchev–Trinajstić information content (AvgIpc) is 1.97. The Balaban J connectivity index is 2.67. The third-order valence-corrected chi connectivity index (χ3v) is 7.91. The second-order valence-electron chi connectivity index (χ2n) is 5.88. The van der Waals surface area contributed by atoms with E-state index in [-0.39, 0.29) is 23.0 Å². The van der Waals surface area contributed by atoms with Gasteiger partial charge in [-0.1, -0.05) is 20.8 Å². The lowest BCUT2D eigenvalue weighted by Crippen LogP contribution is -2.49. The van der Waals surface area contributed by atoms with Crippen molar-refractivity contribution in [2.45, 2.75) is 57.8 Å². The molecule has 1 heterocycles. The Labute approximate surface area is 97.9 Å². The van der Waals surface area contributed by atoms with Crippen molar-refractivity contribution < 1.29 is 14.0 Å². The Bertz CT molecular complexity index is 291. The first-order valence-corrected chi connectivity index (χ1v) is 8.53. The maximum absolute atomic E-state index is 11.2. The van der Waals surface area contributed by atoms with Crippen molar-refractivity contribution >= 4 is 20.1 Å². The highest BCUT2D eigenvalue weighted by molar-refractivity contribution is 6.74. The lowest BCUT2D eigenvalue weighted by Gasteiger charge is -2.39. The Morgan fingerprint density at radius 1 is 1.19 bits per heavy atom. The van der Waals surface area contributed by atoms with Gasteiger partial charge in [0.25, 0.3) is 0 Å². The largest absolute Gasteiger partial charge is 0.413 e. The average molecular weight is 243 g/mol. The van der Waals surface area contributed by atoms with E-state index in [4.69, 9.17) is 4.43 Å². The van der Waals surface area contributed by atoms with Gasteiger partial charge in [0.15, 0.2) is 8.32 Å². The molecule has 0 saturated carbocycles. The van der Waals surface area contributed by atoms with Gasteiger partial charge in [-0.3, -0.25) is 14.9 Å². The topological polar surface area (TPSA) is 55.4 Å². The molecule has 0 atom stereocenters. The smallest absolute Gasteiger partial charge is 0.229 e. The van der Waals surface area contributed by atoms with Gasteiger partial charge in [-0.2, -0.15) is 0 Å². The molecule has 0 unspecified atom stereocenters. The van der Waals surface area contributed by atoms with E-state index in [2.05, 4.69) is 39.2 Å². The normalized spacial score (nSPS) is 19.8. The summed E-state index contributed by atoms with van der Waals surface area (Å²) in [6.07, 6.45) is 0.374. The van der Waals surface area contributed by atoms with E-state index in [1.165, 1.54) is 0 Å². The Morgan fingerprint density at radius 2 is 1.62 bits per heavy atom. The highest BCUT2D eigenvalue weighted by Gasteiger charge is 2.40. The molecule has 92 valence electrons. The van der Waals surface area contributed by atoms with Gasteiger partial charge in [0.1, 0.15) is 0 Å². The van der Waals surface area contributed by atoms with Crippen LogP contribution >= 0.6 is 0 Å². The maximum atomic E-state index is 11.2. The molecule has 1 aliphatic heterocycles. The van der Waals surface area contributed by atoms with Gasteiger partial charge in [-0.25, -0.2) is 0 Å². The summed E-state index contributed by atoms with van der Waals surface area (Å²) in [7, 11) is -1.88. The van der Waals surface area contributed by atoms with Gasteiger partial charge in [0.2, 0.25) is 11.8 Å². The van der Waals surface area contributed by atoms with E-state index >= 15 is 0 Å². The van der Waals surface area contributed by atoms with Crippen LogP contribution in [0.5, 0.6) is 0 Å². The van der Waals surface area contributed by atoms with Gasteiger partial charge in [0, 0.05) is 0 Å². The number of carbonyl (C=O) groups excluding carboxylic acids is 2. The zero-order chi connectivity index (χ0) is 12.6. The summed E-state index contributed by atoms with van der Waals surface area (Å²) < 4.78 is 6.04. The summed E-state index contributed by atoms with van der Waals surface area (Å²) in [5.41, 5.74) is 0. The van der Waals surface area contributed by atoms with Crippen LogP contribution in [0.15, 0.2) is 0 Å². The number of carbonyl (C=O) groups is 2. The molecule has 0 aliphatic carbocycles. The summed E-state index contributed by atoms with van der Waals surface area (Å²) >= 11 is 0. The van der Waals surface area contributed by atoms with Gasteiger partial charge in [-0.05, 0) is 18.1 Å². The molecule has 0 spiro atoms. The molecule has 1 rings (SSSR count). The lowest BCUT2D eigenvalue weighted by molar-refractivity contribution is -0.136. The van der Waals surface area contributed by atoms with Crippen LogP contribution in [0.3, 0.4) is 0 Å². The van der Waals surface area contributed by atoms with Crippen molar-refractivity contribution in [2.24, 2.45) is 0 Å². The molecule has 1 N–H and O–H groups in total. The van der Waals surface area contributed by atoms with Crippen LogP contribution in [0.25, 0.3) is 0 Å². The third kappa shape index (κ3) is 3.15. The Kier molecular flexibility index (Phi) is 3.59. The fraction of sp³-hybridized carbons (Fsp3) is 0.818. The molecule has 0 aromatic heterocycles. The number of hydrogen-bond acceptors (Lipinski definition) is 3. The number of amides is 2. The zero-order valence-corrected chi connectivity index (χ0v) is 11.7. The van der Waals surface area contributed by atoms with Crippen molar-refractivity contribution in [3.05, 3.63) is 0 Å². The molecular formula is C11H21NO3Si. The van der Waals surface area contributed by atoms with Crippen LogP contribution in [0.1, 0.15) is 33.6 Å². The molecule has 5 heteroatoms. The molecule has 1 saturated heterocycles. The van der Waals surface area contributed by atoms with Crippen LogP contribution in [0, 0.1) is 0 Å². The van der Waals surface area contributed by atoms with E-state index in [1.807, 2.05) is 0 Å². The highest BCUT2D eigenvalue weighted by Crippen LogP contribution is 2.38. The summed E-state index contributed by atoms with van der Waals surface area (Å²) in [6.45, 7) is 10.7. The quantitative estimate of drug-likeness (QED) is 0.594. The van der Waals surface area contributed by atoms with E-state index in [0.29, 0.717) is 12.8 Å². The second-order valence-corrected chi connectivity index (χ2v) is 10.6. The van der Waals surface area contributed by atoms with Crippen molar-refractivity contribution in [3.8, 4) is 0 Å². The van der Waals surface area contributed by atoms with E-state index in [1.54, 1.807) is 0 Å². The minimum Gasteiger partial charge on any atom is -0.413 e. The van der Waals surface area contributed by atoms with Gasteiger partial charge in [-0.15, -0.1) is 0 Å². The molecule has 0 aromatic carbocycles. The molecule has 1 fully saturated rings. The molecule has 1 aliphatic rings. The maximum Gasteiger partial charge on any atom is 0.229 e. The van der Waals surface area contributed by atoms with Crippen LogP contribution in [-0.2, 0) is 14.0 Å². The number of nitrogens with one attached hydrogen (secondary N) is 1. The molecule has 16 heavy (non-hydrogen) atoms. The van der Waals surface area contributed by atoms with Crippen molar-refractivity contribution in [3.63, 3.8) is 0 Å². The van der Waals surface area contributed by atoms with E-state index < -0.39 is 8.32 Å². The van der Waals surface area contributed by atoms with Crippen LogP contribution in [0.4, 0.5) is 0 Å². The Hall–Kier alpha value is -0.683. The fourth-order valence-corrected chi connectivity index (χ4v) is 2.77. The molecule has 0 aromatic rings. The number of rotatable bonds is 2. The third-order valence-electron chi connectivity index (χ3n) is 3.37. The minimum atomic E-state index is -1.88. The first-order chi connectivity index (χ1) is 7.12. The highest BCUT2D eigenvalue weighted by atomic mass is 28.4. The zero-order valence-electron chi connectivity index (χ0n) is 10.7. The lowest BCUT2D eigenvalue weighted by atomic mass is 10.1. The molecule has 4 nitrogen and oxygen atoms in total. The number of hydrogen-bond donors (Lipinski definition) is 1. The fourth-order valence-electron chi connectivity index (χ4n) is 1.42. The first kappa shape index (κ1) is 13.4. The minimum absolute atomic E-state index is 0.101. The molecule has 0 radical (unpaired) electrons. The molecule has 0 bridgehead atoms. The van der Waals surface area contributed by atoms with E-state index in [9.17, 15) is 9.59 Å². The summed E-state index contributed by atoms with van der Waals surface area (Å²) in [5, 5.41) is 2.39. The van der Waals surface area contributed by atoms with Crippen LogP contribution in [-0.4, -0.2) is 26.2 Å². The second kappa shape index (κ2) is 4.29. The summed E-state index contributed by atoms with van der Waals surface area (Å²) in [6, 6.07) is 0. The standard InChI is InChI=1S/C11H21NO3Si/c1-11(2,3)16(4,5)15-8-6-9(13)12-10(14)7-8/h8H,6-7H2,1-5H3,(H,12,13,14). The summed E-state index contributed by atoms with van der Waals surface area (Å²) in [5.74, 6) is -0.445.